The summed E-state index contributed by atoms with van der Waals surface area (Å²) in [5.74, 6) is 1.82. The first kappa shape index (κ1) is 11.2. The summed E-state index contributed by atoms with van der Waals surface area (Å²) >= 11 is 0. The number of hydrogen-bond donors (Lipinski definition) is 1. The van der Waals surface area contributed by atoms with E-state index in [1.807, 2.05) is 12.1 Å². The van der Waals surface area contributed by atoms with Gasteiger partial charge >= 0.3 is 0 Å². The molecule has 0 radical (unpaired) electrons. The van der Waals surface area contributed by atoms with Crippen molar-refractivity contribution in [2.45, 2.75) is 0 Å². The van der Waals surface area contributed by atoms with Crippen LogP contribution in [0.25, 0.3) is 11.1 Å². The maximum absolute atomic E-state index is 5.80. The van der Waals surface area contributed by atoms with Crippen LogP contribution in [0.3, 0.4) is 0 Å². The van der Waals surface area contributed by atoms with E-state index in [0.29, 0.717) is 17.3 Å². The molecule has 0 amide bonds. The van der Waals surface area contributed by atoms with E-state index in [9.17, 15) is 0 Å². The van der Waals surface area contributed by atoms with Crippen molar-refractivity contribution in [3.63, 3.8) is 0 Å². The summed E-state index contributed by atoms with van der Waals surface area (Å²) in [6.07, 6.45) is 3.08. The molecule has 0 aliphatic carbocycles. The molecule has 2 rings (SSSR count). The zero-order chi connectivity index (χ0) is 12.3. The molecule has 0 saturated heterocycles. The van der Waals surface area contributed by atoms with Crippen LogP contribution >= 0.6 is 0 Å². The minimum Gasteiger partial charge on any atom is -0.497 e. The number of aromatic nitrogens is 2. The molecule has 88 valence electrons. The molecule has 0 atom stereocenters. The molecule has 2 N–H and O–H groups in total. The van der Waals surface area contributed by atoms with Crippen LogP contribution in [0.4, 0.5) is 5.82 Å². The number of methoxy groups -OCH3 is 2. The minimum atomic E-state index is 0.426. The Morgan fingerprint density at radius 1 is 1.06 bits per heavy atom. The monoisotopic (exact) mass is 231 g/mol. The van der Waals surface area contributed by atoms with Crippen LogP contribution in [0.2, 0.25) is 0 Å². The summed E-state index contributed by atoms with van der Waals surface area (Å²) < 4.78 is 10.4. The van der Waals surface area contributed by atoms with Crippen molar-refractivity contribution >= 4 is 5.82 Å². The largest absolute Gasteiger partial charge is 0.497 e. The molecule has 0 aliphatic heterocycles. The van der Waals surface area contributed by atoms with Crippen LogP contribution in [0.15, 0.2) is 30.7 Å². The van der Waals surface area contributed by atoms with Crippen molar-refractivity contribution < 1.29 is 9.47 Å². The summed E-state index contributed by atoms with van der Waals surface area (Å²) in [6, 6.07) is 5.51. The highest BCUT2D eigenvalue weighted by atomic mass is 16.5. The third kappa shape index (κ3) is 2.28. The van der Waals surface area contributed by atoms with Crippen LogP contribution in [0, 0.1) is 0 Å². The lowest BCUT2D eigenvalue weighted by Crippen LogP contribution is -1.95. The Bertz CT molecular complexity index is 507. The first-order chi connectivity index (χ1) is 8.24. The molecule has 1 aromatic heterocycles. The SMILES string of the molecule is COc1cc(OC)cc(-c2cncnc2N)c1. The van der Waals surface area contributed by atoms with E-state index in [4.69, 9.17) is 15.2 Å². The quantitative estimate of drug-likeness (QED) is 0.871. The van der Waals surface area contributed by atoms with Crippen LogP contribution in [0.1, 0.15) is 0 Å². The number of anilines is 1. The summed E-state index contributed by atoms with van der Waals surface area (Å²) in [6.45, 7) is 0. The zero-order valence-corrected chi connectivity index (χ0v) is 9.68. The fourth-order valence-corrected chi connectivity index (χ4v) is 1.52. The second-order valence-corrected chi connectivity index (χ2v) is 3.42. The molecule has 0 aliphatic rings. The van der Waals surface area contributed by atoms with Gasteiger partial charge in [0.05, 0.1) is 14.2 Å². The second-order valence-electron chi connectivity index (χ2n) is 3.42. The normalized spacial score (nSPS) is 10.0. The lowest BCUT2D eigenvalue weighted by atomic mass is 10.1. The number of nitrogens with zero attached hydrogens (tertiary/aromatic N) is 2. The van der Waals surface area contributed by atoms with Gasteiger partial charge in [-0.1, -0.05) is 0 Å². The maximum atomic E-state index is 5.80. The van der Waals surface area contributed by atoms with E-state index >= 15 is 0 Å². The smallest absolute Gasteiger partial charge is 0.134 e. The fraction of sp³-hybridized carbons (Fsp3) is 0.167. The molecule has 5 heteroatoms. The molecule has 0 saturated carbocycles. The van der Waals surface area contributed by atoms with Gasteiger partial charge in [-0.15, -0.1) is 0 Å². The van der Waals surface area contributed by atoms with Gasteiger partial charge in [0.15, 0.2) is 0 Å². The van der Waals surface area contributed by atoms with E-state index in [1.165, 1.54) is 6.33 Å². The topological polar surface area (TPSA) is 70.3 Å². The van der Waals surface area contributed by atoms with Crippen molar-refractivity contribution in [2.24, 2.45) is 0 Å². The van der Waals surface area contributed by atoms with Crippen LogP contribution in [0.5, 0.6) is 11.5 Å². The molecule has 0 spiro atoms. The van der Waals surface area contributed by atoms with Crippen molar-refractivity contribution in [2.75, 3.05) is 20.0 Å². The zero-order valence-electron chi connectivity index (χ0n) is 9.68. The molecule has 5 nitrogen and oxygen atoms in total. The molecule has 1 aromatic carbocycles. The lowest BCUT2D eigenvalue weighted by Gasteiger charge is -2.09. The third-order valence-corrected chi connectivity index (χ3v) is 2.41. The highest BCUT2D eigenvalue weighted by Gasteiger charge is 2.07. The van der Waals surface area contributed by atoms with E-state index in [1.54, 1.807) is 26.5 Å². The van der Waals surface area contributed by atoms with Crippen LogP contribution < -0.4 is 15.2 Å². The summed E-state index contributed by atoms with van der Waals surface area (Å²) in [5, 5.41) is 0. The van der Waals surface area contributed by atoms with E-state index < -0.39 is 0 Å². The summed E-state index contributed by atoms with van der Waals surface area (Å²) in [4.78, 5) is 7.91. The van der Waals surface area contributed by atoms with E-state index in [0.717, 1.165) is 11.1 Å². The number of rotatable bonds is 3. The molecule has 2 aromatic rings. The summed E-state index contributed by atoms with van der Waals surface area (Å²) in [7, 11) is 3.20. The standard InChI is InChI=1S/C12H13N3O2/c1-16-9-3-8(4-10(5-9)17-2)11-6-14-7-15-12(11)13/h3-7H,1-2H3,(H2,13,14,15). The van der Waals surface area contributed by atoms with Crippen molar-refractivity contribution in [1.82, 2.24) is 9.97 Å². The number of nitrogen functional groups attached to an aromatic ring is 1. The Kier molecular flexibility index (Phi) is 3.09. The van der Waals surface area contributed by atoms with Crippen molar-refractivity contribution in [3.8, 4) is 22.6 Å². The van der Waals surface area contributed by atoms with E-state index in [2.05, 4.69) is 9.97 Å². The predicted molar refractivity (Wildman–Crippen MR) is 65.0 cm³/mol. The second kappa shape index (κ2) is 4.69. The first-order valence-corrected chi connectivity index (χ1v) is 5.03. The van der Waals surface area contributed by atoms with Crippen molar-refractivity contribution in [1.29, 1.82) is 0 Å². The molecule has 0 unspecified atom stereocenters. The maximum Gasteiger partial charge on any atom is 0.134 e. The van der Waals surface area contributed by atoms with Gasteiger partial charge in [0, 0.05) is 17.8 Å². The average molecular weight is 231 g/mol. The van der Waals surface area contributed by atoms with Crippen molar-refractivity contribution in [3.05, 3.63) is 30.7 Å². The predicted octanol–water partition coefficient (Wildman–Crippen LogP) is 1.74. The third-order valence-electron chi connectivity index (χ3n) is 2.41. The number of ether oxygens (including phenoxy) is 2. The molecular formula is C12H13N3O2. The van der Waals surface area contributed by atoms with Gasteiger partial charge < -0.3 is 15.2 Å². The van der Waals surface area contributed by atoms with Gasteiger partial charge in [0.1, 0.15) is 23.6 Å². The first-order valence-electron chi connectivity index (χ1n) is 5.03. The lowest BCUT2D eigenvalue weighted by molar-refractivity contribution is 0.394. The Balaban J connectivity index is 2.55. The number of benzene rings is 1. The van der Waals surface area contributed by atoms with Gasteiger partial charge in [-0.05, 0) is 17.7 Å². The van der Waals surface area contributed by atoms with Crippen LogP contribution in [-0.2, 0) is 0 Å². The van der Waals surface area contributed by atoms with Gasteiger partial charge in [-0.2, -0.15) is 0 Å². The van der Waals surface area contributed by atoms with Gasteiger partial charge in [0.25, 0.3) is 0 Å². The molecule has 17 heavy (non-hydrogen) atoms. The van der Waals surface area contributed by atoms with Gasteiger partial charge in [0.2, 0.25) is 0 Å². The molecular weight excluding hydrogens is 218 g/mol. The van der Waals surface area contributed by atoms with Gasteiger partial charge in [-0.25, -0.2) is 9.97 Å². The Morgan fingerprint density at radius 2 is 1.71 bits per heavy atom. The Hall–Kier alpha value is -2.30. The molecule has 1 heterocycles. The highest BCUT2D eigenvalue weighted by Crippen LogP contribution is 2.31. The highest BCUT2D eigenvalue weighted by molar-refractivity contribution is 5.74. The number of hydrogen-bond acceptors (Lipinski definition) is 5. The van der Waals surface area contributed by atoms with Crippen LogP contribution in [-0.4, -0.2) is 24.2 Å². The average Bonchev–Trinajstić information content (AvgIpc) is 2.38. The minimum absolute atomic E-state index is 0.426. The van der Waals surface area contributed by atoms with E-state index in [-0.39, 0.29) is 0 Å². The Labute approximate surface area is 99.2 Å². The molecule has 0 fully saturated rings. The Morgan fingerprint density at radius 3 is 2.24 bits per heavy atom. The summed E-state index contributed by atoms with van der Waals surface area (Å²) in [5.41, 5.74) is 7.42. The molecule has 0 bridgehead atoms. The fourth-order valence-electron chi connectivity index (χ4n) is 1.52. The van der Waals surface area contributed by atoms with Gasteiger partial charge in [-0.3, -0.25) is 0 Å². The number of nitrogens with two attached hydrogens (primary N) is 1.